The van der Waals surface area contributed by atoms with Gasteiger partial charge in [-0.05, 0) is 26.0 Å². The van der Waals surface area contributed by atoms with Crippen molar-refractivity contribution in [2.45, 2.75) is 20.4 Å². The van der Waals surface area contributed by atoms with Crippen molar-refractivity contribution in [3.63, 3.8) is 0 Å². The smallest absolute Gasteiger partial charge is 0.126 e. The van der Waals surface area contributed by atoms with Gasteiger partial charge < -0.3 is 10.6 Å². The highest BCUT2D eigenvalue weighted by Crippen LogP contribution is 2.21. The number of nitrogen functional groups attached to an aromatic ring is 1. The number of hydrogen-bond acceptors (Lipinski definition) is 3. The molecule has 2 N–H and O–H groups in total. The highest BCUT2D eigenvalue weighted by atomic mass is 15.3. The molecule has 4 nitrogen and oxygen atoms in total. The lowest BCUT2D eigenvalue weighted by Crippen LogP contribution is -2.22. The van der Waals surface area contributed by atoms with E-state index in [2.05, 4.69) is 41.2 Å². The maximum atomic E-state index is 6.06. The molecule has 0 spiro atoms. The number of nitrogens with zero attached hydrogens (tertiary/aromatic N) is 3. The van der Waals surface area contributed by atoms with Crippen LogP contribution in [0.1, 0.15) is 18.2 Å². The van der Waals surface area contributed by atoms with Gasteiger partial charge in [0.2, 0.25) is 0 Å². The van der Waals surface area contributed by atoms with Gasteiger partial charge in [-0.1, -0.05) is 18.2 Å². The van der Waals surface area contributed by atoms with Crippen LogP contribution in [0, 0.1) is 6.92 Å². The Hall–Kier alpha value is -1.97. The maximum absolute atomic E-state index is 6.06. The van der Waals surface area contributed by atoms with Gasteiger partial charge in [0.05, 0.1) is 5.69 Å². The lowest BCUT2D eigenvalue weighted by atomic mass is 10.2. The van der Waals surface area contributed by atoms with Crippen molar-refractivity contribution in [3.05, 3.63) is 41.6 Å². The van der Waals surface area contributed by atoms with Crippen molar-refractivity contribution in [2.75, 3.05) is 17.2 Å². The SMILES string of the molecule is CCN(Cc1c(C)nn(C)c1N)c1ccccc1. The number of benzene rings is 1. The van der Waals surface area contributed by atoms with Gasteiger partial charge in [-0.25, -0.2) is 0 Å². The predicted octanol–water partition coefficient (Wildman–Crippen LogP) is 2.34. The van der Waals surface area contributed by atoms with Crippen LogP contribution in [0.5, 0.6) is 0 Å². The monoisotopic (exact) mass is 244 g/mol. The van der Waals surface area contributed by atoms with Gasteiger partial charge in [-0.3, -0.25) is 4.68 Å². The summed E-state index contributed by atoms with van der Waals surface area (Å²) in [5.74, 6) is 0.752. The van der Waals surface area contributed by atoms with Gasteiger partial charge >= 0.3 is 0 Å². The predicted molar refractivity (Wildman–Crippen MR) is 75.5 cm³/mol. The van der Waals surface area contributed by atoms with Crippen molar-refractivity contribution >= 4 is 11.5 Å². The van der Waals surface area contributed by atoms with Crippen molar-refractivity contribution in [1.82, 2.24) is 9.78 Å². The Labute approximate surface area is 108 Å². The first-order valence-electron chi connectivity index (χ1n) is 6.21. The molecule has 0 amide bonds. The third-order valence-corrected chi connectivity index (χ3v) is 3.25. The molecule has 0 bridgehead atoms. The van der Waals surface area contributed by atoms with Gasteiger partial charge in [0.15, 0.2) is 0 Å². The Bertz CT molecular complexity index is 516. The van der Waals surface area contributed by atoms with Crippen LogP contribution in [0.15, 0.2) is 30.3 Å². The molecule has 1 aromatic heterocycles. The molecule has 0 aliphatic rings. The quantitative estimate of drug-likeness (QED) is 0.898. The molecule has 0 saturated heterocycles. The minimum absolute atomic E-state index is 0.752. The zero-order chi connectivity index (χ0) is 13.1. The third kappa shape index (κ3) is 2.32. The van der Waals surface area contributed by atoms with E-state index in [1.54, 1.807) is 4.68 Å². The maximum Gasteiger partial charge on any atom is 0.126 e. The van der Waals surface area contributed by atoms with Crippen LogP contribution in [-0.4, -0.2) is 16.3 Å². The van der Waals surface area contributed by atoms with E-state index in [9.17, 15) is 0 Å². The van der Waals surface area contributed by atoms with Crippen LogP contribution in [0.2, 0.25) is 0 Å². The molecule has 2 aromatic rings. The van der Waals surface area contributed by atoms with Crippen LogP contribution in [0.3, 0.4) is 0 Å². The number of anilines is 2. The van der Waals surface area contributed by atoms with Crippen LogP contribution < -0.4 is 10.6 Å². The largest absolute Gasteiger partial charge is 0.384 e. The minimum Gasteiger partial charge on any atom is -0.384 e. The van der Waals surface area contributed by atoms with E-state index in [1.165, 1.54) is 5.69 Å². The number of para-hydroxylation sites is 1. The number of hydrogen-bond donors (Lipinski definition) is 1. The van der Waals surface area contributed by atoms with Crippen LogP contribution >= 0.6 is 0 Å². The Kier molecular flexibility index (Phi) is 3.55. The second-order valence-electron chi connectivity index (χ2n) is 4.42. The molecule has 1 heterocycles. The number of nitrogens with two attached hydrogens (primary N) is 1. The standard InChI is InChI=1S/C14H20N4/c1-4-18(12-8-6-5-7-9-12)10-13-11(2)16-17(3)14(13)15/h5-9H,4,10,15H2,1-3H3. The number of rotatable bonds is 4. The average molecular weight is 244 g/mol. The summed E-state index contributed by atoms with van der Waals surface area (Å²) in [6.07, 6.45) is 0. The summed E-state index contributed by atoms with van der Waals surface area (Å²) in [5, 5.41) is 4.36. The van der Waals surface area contributed by atoms with Crippen LogP contribution in [-0.2, 0) is 13.6 Å². The van der Waals surface area contributed by atoms with Gasteiger partial charge in [-0.2, -0.15) is 5.10 Å². The molecule has 4 heteroatoms. The zero-order valence-electron chi connectivity index (χ0n) is 11.2. The molecule has 96 valence electrons. The molecular weight excluding hydrogens is 224 g/mol. The van der Waals surface area contributed by atoms with Crippen molar-refractivity contribution in [3.8, 4) is 0 Å². The molecule has 0 radical (unpaired) electrons. The van der Waals surface area contributed by atoms with Crippen LogP contribution in [0.25, 0.3) is 0 Å². The summed E-state index contributed by atoms with van der Waals surface area (Å²) in [4.78, 5) is 2.29. The molecule has 18 heavy (non-hydrogen) atoms. The molecule has 0 atom stereocenters. The first-order valence-corrected chi connectivity index (χ1v) is 6.21. The average Bonchev–Trinajstić information content (AvgIpc) is 2.62. The molecule has 0 aliphatic heterocycles. The Morgan fingerprint density at radius 3 is 2.44 bits per heavy atom. The van der Waals surface area contributed by atoms with Crippen molar-refractivity contribution in [2.24, 2.45) is 7.05 Å². The van der Waals surface area contributed by atoms with Gasteiger partial charge in [0.25, 0.3) is 0 Å². The molecule has 0 unspecified atom stereocenters. The Morgan fingerprint density at radius 1 is 1.28 bits per heavy atom. The fraction of sp³-hybridized carbons (Fsp3) is 0.357. The molecule has 0 aliphatic carbocycles. The fourth-order valence-electron chi connectivity index (χ4n) is 2.13. The van der Waals surface area contributed by atoms with E-state index in [4.69, 9.17) is 5.73 Å². The van der Waals surface area contributed by atoms with Crippen LogP contribution in [0.4, 0.5) is 11.5 Å². The molecular formula is C14H20N4. The van der Waals surface area contributed by atoms with Crippen molar-refractivity contribution < 1.29 is 0 Å². The summed E-state index contributed by atoms with van der Waals surface area (Å²) in [6.45, 7) is 5.89. The second-order valence-corrected chi connectivity index (χ2v) is 4.42. The lowest BCUT2D eigenvalue weighted by Gasteiger charge is -2.23. The summed E-state index contributed by atoms with van der Waals surface area (Å²) in [7, 11) is 1.88. The van der Waals surface area contributed by atoms with E-state index >= 15 is 0 Å². The fourth-order valence-corrected chi connectivity index (χ4v) is 2.13. The normalized spacial score (nSPS) is 10.6. The topological polar surface area (TPSA) is 47.1 Å². The van der Waals surface area contributed by atoms with E-state index in [1.807, 2.05) is 20.0 Å². The van der Waals surface area contributed by atoms with Gasteiger partial charge in [0.1, 0.15) is 5.82 Å². The number of aryl methyl sites for hydroxylation is 2. The first kappa shape index (κ1) is 12.5. The highest BCUT2D eigenvalue weighted by Gasteiger charge is 2.13. The summed E-state index contributed by atoms with van der Waals surface area (Å²) in [6, 6.07) is 10.4. The third-order valence-electron chi connectivity index (χ3n) is 3.25. The highest BCUT2D eigenvalue weighted by molar-refractivity contribution is 5.50. The first-order chi connectivity index (χ1) is 8.63. The molecule has 0 saturated carbocycles. The summed E-state index contributed by atoms with van der Waals surface area (Å²) in [5.41, 5.74) is 9.39. The zero-order valence-corrected chi connectivity index (χ0v) is 11.2. The van der Waals surface area contributed by atoms with Gasteiger partial charge in [-0.15, -0.1) is 0 Å². The Morgan fingerprint density at radius 2 is 1.94 bits per heavy atom. The number of aromatic nitrogens is 2. The second kappa shape index (κ2) is 5.12. The van der Waals surface area contributed by atoms with E-state index in [-0.39, 0.29) is 0 Å². The van der Waals surface area contributed by atoms with E-state index in [0.717, 1.165) is 30.2 Å². The summed E-state index contributed by atoms with van der Waals surface area (Å²) < 4.78 is 1.74. The summed E-state index contributed by atoms with van der Waals surface area (Å²) >= 11 is 0. The Balaban J connectivity index is 2.26. The minimum atomic E-state index is 0.752. The van der Waals surface area contributed by atoms with Gasteiger partial charge in [0, 0.05) is 31.4 Å². The molecule has 2 rings (SSSR count). The molecule has 0 fully saturated rings. The van der Waals surface area contributed by atoms with E-state index < -0.39 is 0 Å². The van der Waals surface area contributed by atoms with Crippen molar-refractivity contribution in [1.29, 1.82) is 0 Å². The molecule has 1 aromatic carbocycles. The van der Waals surface area contributed by atoms with E-state index in [0.29, 0.717) is 0 Å². The lowest BCUT2D eigenvalue weighted by molar-refractivity contribution is 0.767.